The average molecular weight is 674 g/mol. The number of nitrogens with zero attached hydrogens (tertiary/aromatic N) is 6. The lowest BCUT2D eigenvalue weighted by molar-refractivity contribution is -0.130. The van der Waals surface area contributed by atoms with Crippen molar-refractivity contribution >= 4 is 33.4 Å². The Morgan fingerprint density at radius 3 is 2.73 bits per heavy atom. The number of pyridine rings is 1. The standard InChI is InChI=1S/C37H37F3N6O3/c1-5-24-27(38)13-12-23-10-7-11-25(30(23)24)31-33(48-4)32-26(20-41-31)34(44(3)21-28-37(39,40)16-19-46(28)29(47)6-2)43-35(42-32)49-22-36-14-8-17-45(36)18-9-15-36/h1,6-7,10-13,20,28H,2,8-9,14-19,21-22H2,3-4H3/t28-/m1/s1/i4D3. The number of likely N-dealkylation sites (tertiary alicyclic amines) is 1. The first kappa shape index (κ1) is 29.1. The molecule has 3 aliphatic rings. The van der Waals surface area contributed by atoms with Gasteiger partial charge < -0.3 is 19.3 Å². The number of hydrogen-bond acceptors (Lipinski definition) is 8. The fourth-order valence-electron chi connectivity index (χ4n) is 7.80. The quantitative estimate of drug-likeness (QED) is 0.162. The van der Waals surface area contributed by atoms with Crippen molar-refractivity contribution in [2.45, 2.75) is 49.6 Å². The maximum atomic E-state index is 15.3. The first-order chi connectivity index (χ1) is 24.7. The molecule has 0 N–H and O–H groups in total. The number of benzene rings is 2. The second-order valence-electron chi connectivity index (χ2n) is 13.0. The van der Waals surface area contributed by atoms with E-state index in [0.717, 1.165) is 49.7 Å². The molecule has 1 atom stereocenters. The fraction of sp³-hybridized carbons (Fsp3) is 0.405. The van der Waals surface area contributed by atoms with Crippen LogP contribution in [0.2, 0.25) is 0 Å². The molecule has 254 valence electrons. The minimum atomic E-state index is -3.21. The Balaban J connectivity index is 1.42. The summed E-state index contributed by atoms with van der Waals surface area (Å²) in [5, 5.41) is 1.06. The van der Waals surface area contributed by atoms with Gasteiger partial charge in [0.25, 0.3) is 5.92 Å². The number of anilines is 1. The van der Waals surface area contributed by atoms with Crippen LogP contribution in [-0.4, -0.2) is 95.0 Å². The molecule has 9 nitrogen and oxygen atoms in total. The number of likely N-dealkylation sites (N-methyl/N-ethyl adjacent to an activating group) is 1. The van der Waals surface area contributed by atoms with E-state index in [2.05, 4.69) is 32.4 Å². The number of alkyl halides is 2. The summed E-state index contributed by atoms with van der Waals surface area (Å²) in [6, 6.07) is 6.22. The number of hydrogen-bond donors (Lipinski definition) is 0. The van der Waals surface area contributed by atoms with Crippen molar-refractivity contribution in [3.63, 3.8) is 0 Å². The van der Waals surface area contributed by atoms with E-state index in [9.17, 15) is 4.79 Å². The third kappa shape index (κ3) is 5.50. The lowest BCUT2D eigenvalue weighted by Gasteiger charge is -2.32. The van der Waals surface area contributed by atoms with Crippen LogP contribution >= 0.6 is 0 Å². The molecule has 3 saturated heterocycles. The van der Waals surface area contributed by atoms with Crippen LogP contribution in [0.15, 0.2) is 49.2 Å². The summed E-state index contributed by atoms with van der Waals surface area (Å²) in [5.41, 5.74) is 0.0267. The van der Waals surface area contributed by atoms with Gasteiger partial charge in [-0.05, 0) is 56.3 Å². The van der Waals surface area contributed by atoms with E-state index in [1.54, 1.807) is 24.3 Å². The number of fused-ring (bicyclic) bond motifs is 3. The highest BCUT2D eigenvalue weighted by atomic mass is 19.3. The number of methoxy groups -OCH3 is 1. The molecule has 5 heterocycles. The van der Waals surface area contributed by atoms with Gasteiger partial charge in [0.1, 0.15) is 35.5 Å². The van der Waals surface area contributed by atoms with Gasteiger partial charge in [0.2, 0.25) is 5.91 Å². The van der Waals surface area contributed by atoms with E-state index in [1.165, 1.54) is 24.2 Å². The van der Waals surface area contributed by atoms with Crippen LogP contribution in [0.25, 0.3) is 32.9 Å². The van der Waals surface area contributed by atoms with Crippen LogP contribution in [0.5, 0.6) is 11.8 Å². The van der Waals surface area contributed by atoms with Crippen LogP contribution in [0.3, 0.4) is 0 Å². The van der Waals surface area contributed by atoms with E-state index in [1.807, 2.05) is 0 Å². The summed E-state index contributed by atoms with van der Waals surface area (Å²) in [4.78, 5) is 31.5. The molecule has 3 fully saturated rings. The lowest BCUT2D eigenvalue weighted by atomic mass is 9.95. The molecule has 0 spiro atoms. The maximum Gasteiger partial charge on any atom is 0.319 e. The van der Waals surface area contributed by atoms with E-state index in [0.29, 0.717) is 10.8 Å². The molecule has 3 aliphatic heterocycles. The summed E-state index contributed by atoms with van der Waals surface area (Å²) < 4.78 is 81.9. The molecule has 7 rings (SSSR count). The fourth-order valence-corrected chi connectivity index (χ4v) is 7.80. The van der Waals surface area contributed by atoms with Crippen molar-refractivity contribution in [2.75, 3.05) is 51.8 Å². The van der Waals surface area contributed by atoms with E-state index in [4.69, 9.17) is 20.0 Å². The van der Waals surface area contributed by atoms with Crippen molar-refractivity contribution in [3.05, 3.63) is 60.6 Å². The second-order valence-corrected chi connectivity index (χ2v) is 13.0. The molecule has 0 radical (unpaired) electrons. The number of carbonyl (C=O) groups excluding carboxylic acids is 1. The summed E-state index contributed by atoms with van der Waals surface area (Å²) in [6.45, 7) is 5.12. The van der Waals surface area contributed by atoms with Gasteiger partial charge >= 0.3 is 6.01 Å². The highest BCUT2D eigenvalue weighted by Crippen LogP contribution is 2.43. The predicted molar refractivity (Wildman–Crippen MR) is 182 cm³/mol. The van der Waals surface area contributed by atoms with Crippen molar-refractivity contribution in [2.24, 2.45) is 0 Å². The SMILES string of the molecule is [2H]C([2H])([2H])Oc1c(-c2cccc3ccc(F)c(C#C)c23)ncc2c(N(C)C[C@H]3N(C(=O)C=C)CCC3(F)F)nc(OCC34CCCN3CCC4)nc12. The summed E-state index contributed by atoms with van der Waals surface area (Å²) >= 11 is 0. The Bertz CT molecular complexity index is 2110. The van der Waals surface area contributed by atoms with Gasteiger partial charge in [-0.25, -0.2) is 13.2 Å². The van der Waals surface area contributed by atoms with Crippen LogP contribution in [-0.2, 0) is 4.79 Å². The topological polar surface area (TPSA) is 83.9 Å². The zero-order chi connectivity index (χ0) is 37.0. The van der Waals surface area contributed by atoms with Crippen LogP contribution in [0.1, 0.15) is 41.8 Å². The van der Waals surface area contributed by atoms with Gasteiger partial charge in [-0.3, -0.25) is 14.7 Å². The van der Waals surface area contributed by atoms with Gasteiger partial charge in [-0.15, -0.1) is 6.42 Å². The first-order valence-corrected chi connectivity index (χ1v) is 16.2. The highest BCUT2D eigenvalue weighted by Gasteiger charge is 2.51. The number of rotatable bonds is 9. The lowest BCUT2D eigenvalue weighted by Crippen LogP contribution is -2.48. The normalized spacial score (nSPS) is 20.8. The number of terminal acetylenes is 1. The van der Waals surface area contributed by atoms with Crippen molar-refractivity contribution in [1.82, 2.24) is 24.8 Å². The monoisotopic (exact) mass is 673 g/mol. The zero-order valence-electron chi connectivity index (χ0n) is 30.0. The molecular weight excluding hydrogens is 633 g/mol. The Kier molecular flexibility index (Phi) is 7.43. The number of ether oxygens (including phenoxy) is 2. The van der Waals surface area contributed by atoms with Crippen molar-refractivity contribution in [1.29, 1.82) is 0 Å². The van der Waals surface area contributed by atoms with Crippen molar-refractivity contribution in [3.8, 4) is 35.4 Å². The molecule has 0 aliphatic carbocycles. The second kappa shape index (κ2) is 12.5. The molecule has 1 amide bonds. The molecule has 0 bridgehead atoms. The van der Waals surface area contributed by atoms with Crippen molar-refractivity contribution < 1.29 is 31.6 Å². The Morgan fingerprint density at radius 2 is 2.00 bits per heavy atom. The van der Waals surface area contributed by atoms with E-state index < -0.39 is 37.1 Å². The number of carbonyl (C=O) groups is 1. The molecule has 2 aromatic heterocycles. The zero-order valence-corrected chi connectivity index (χ0v) is 27.0. The first-order valence-electron chi connectivity index (χ1n) is 17.7. The van der Waals surface area contributed by atoms with Gasteiger partial charge in [0.15, 0.2) is 5.75 Å². The predicted octanol–water partition coefficient (Wildman–Crippen LogP) is 5.84. The Labute approximate surface area is 286 Å². The van der Waals surface area contributed by atoms with Gasteiger partial charge in [-0.2, -0.15) is 9.97 Å². The van der Waals surface area contributed by atoms with Crippen LogP contribution in [0, 0.1) is 18.2 Å². The maximum absolute atomic E-state index is 15.3. The summed E-state index contributed by atoms with van der Waals surface area (Å²) in [5.74, 6) is -2.26. The molecule has 2 aromatic carbocycles. The summed E-state index contributed by atoms with van der Waals surface area (Å²) in [7, 11) is -1.46. The number of halogens is 3. The highest BCUT2D eigenvalue weighted by molar-refractivity contribution is 6.04. The molecule has 0 saturated carbocycles. The number of aromatic nitrogens is 3. The van der Waals surface area contributed by atoms with Gasteiger partial charge in [0, 0.05) is 43.7 Å². The average Bonchev–Trinajstić information content (AvgIpc) is 3.78. The molecule has 0 unspecified atom stereocenters. The smallest absolute Gasteiger partial charge is 0.319 e. The number of amides is 1. The molecule has 49 heavy (non-hydrogen) atoms. The van der Waals surface area contributed by atoms with Gasteiger partial charge in [0.05, 0.1) is 27.6 Å². The van der Waals surface area contributed by atoms with E-state index in [-0.39, 0.29) is 70.5 Å². The van der Waals surface area contributed by atoms with Crippen LogP contribution in [0.4, 0.5) is 19.0 Å². The Hall–Kier alpha value is -4.89. The Morgan fingerprint density at radius 1 is 1.20 bits per heavy atom. The minimum Gasteiger partial charge on any atom is -0.492 e. The minimum absolute atomic E-state index is 0.0102. The van der Waals surface area contributed by atoms with Crippen LogP contribution < -0.4 is 14.4 Å². The third-order valence-corrected chi connectivity index (χ3v) is 10.3. The molecular formula is C37H37F3N6O3. The molecule has 4 aromatic rings. The largest absolute Gasteiger partial charge is 0.492 e. The third-order valence-electron chi connectivity index (χ3n) is 10.3. The summed E-state index contributed by atoms with van der Waals surface area (Å²) in [6.07, 6.45) is 11.5. The molecule has 12 heteroatoms. The van der Waals surface area contributed by atoms with Gasteiger partial charge in [-0.1, -0.05) is 36.8 Å². The van der Waals surface area contributed by atoms with E-state index >= 15 is 13.2 Å².